The van der Waals surface area contributed by atoms with Crippen LogP contribution in [0.5, 0.6) is 0 Å². The highest BCUT2D eigenvalue weighted by atomic mass is 32.1. The lowest BCUT2D eigenvalue weighted by molar-refractivity contribution is 0.282. The maximum atomic E-state index is 9.32. The first-order chi connectivity index (χ1) is 12.7. The number of aromatic nitrogens is 3. The Kier molecular flexibility index (Phi) is 4.51. The molecule has 0 aliphatic carbocycles. The smallest absolute Gasteiger partial charge is 0.187 e. The van der Waals surface area contributed by atoms with Gasteiger partial charge in [0.2, 0.25) is 0 Å². The van der Waals surface area contributed by atoms with Crippen molar-refractivity contribution < 1.29 is 5.11 Å². The molecule has 26 heavy (non-hydrogen) atoms. The predicted molar refractivity (Wildman–Crippen MR) is 105 cm³/mol. The highest BCUT2D eigenvalue weighted by molar-refractivity contribution is 7.14. The fourth-order valence-electron chi connectivity index (χ4n) is 2.69. The molecule has 0 amide bonds. The molecular formula is C20H18N4OS. The van der Waals surface area contributed by atoms with Crippen LogP contribution >= 0.6 is 11.3 Å². The Balaban J connectivity index is 1.55. The number of nitrogens with one attached hydrogen (secondary N) is 1. The fourth-order valence-corrected chi connectivity index (χ4v) is 3.42. The Morgan fingerprint density at radius 3 is 2.73 bits per heavy atom. The zero-order valence-corrected chi connectivity index (χ0v) is 15.1. The minimum Gasteiger partial charge on any atom is -0.392 e. The van der Waals surface area contributed by atoms with Crippen molar-refractivity contribution in [3.63, 3.8) is 0 Å². The number of aliphatic hydroxyl groups is 1. The summed E-state index contributed by atoms with van der Waals surface area (Å²) < 4.78 is 1.83. The maximum absolute atomic E-state index is 9.32. The minimum atomic E-state index is 0.0285. The number of aryl methyl sites for hydroxylation is 1. The van der Waals surface area contributed by atoms with Gasteiger partial charge in [-0.05, 0) is 42.3 Å². The van der Waals surface area contributed by atoms with Gasteiger partial charge in [-0.1, -0.05) is 24.3 Å². The van der Waals surface area contributed by atoms with Gasteiger partial charge in [0.05, 0.1) is 18.0 Å². The summed E-state index contributed by atoms with van der Waals surface area (Å²) in [6.45, 7) is 2.06. The van der Waals surface area contributed by atoms with Crippen LogP contribution in [-0.4, -0.2) is 19.9 Å². The molecule has 4 rings (SSSR count). The first-order valence-corrected chi connectivity index (χ1v) is 9.14. The fraction of sp³-hybridized carbons (Fsp3) is 0.100. The number of aliphatic hydroxyl groups excluding tert-OH is 1. The molecule has 4 aromatic rings. The van der Waals surface area contributed by atoms with Gasteiger partial charge in [0, 0.05) is 29.0 Å². The molecule has 0 saturated carbocycles. The second-order valence-corrected chi connectivity index (χ2v) is 6.83. The maximum Gasteiger partial charge on any atom is 0.187 e. The van der Waals surface area contributed by atoms with Gasteiger partial charge in [0.15, 0.2) is 5.13 Å². The van der Waals surface area contributed by atoms with Gasteiger partial charge in [0.25, 0.3) is 0 Å². The van der Waals surface area contributed by atoms with E-state index in [1.807, 2.05) is 71.7 Å². The van der Waals surface area contributed by atoms with Crippen molar-refractivity contribution in [3.05, 3.63) is 77.4 Å². The number of anilines is 2. The first-order valence-electron chi connectivity index (χ1n) is 8.26. The average Bonchev–Trinajstić information content (AvgIpc) is 3.36. The lowest BCUT2D eigenvalue weighted by Gasteiger charge is -2.08. The van der Waals surface area contributed by atoms with E-state index in [-0.39, 0.29) is 6.61 Å². The number of benzene rings is 2. The second kappa shape index (κ2) is 7.11. The number of hydrogen-bond acceptors (Lipinski definition) is 5. The van der Waals surface area contributed by atoms with E-state index in [0.717, 1.165) is 38.9 Å². The van der Waals surface area contributed by atoms with Gasteiger partial charge in [-0.3, -0.25) is 0 Å². The van der Waals surface area contributed by atoms with Crippen LogP contribution in [0.1, 0.15) is 11.1 Å². The Bertz CT molecular complexity index is 1010. The molecule has 5 nitrogen and oxygen atoms in total. The van der Waals surface area contributed by atoms with Gasteiger partial charge in [-0.25, -0.2) is 9.67 Å². The Morgan fingerprint density at radius 1 is 1.15 bits per heavy atom. The molecule has 6 heteroatoms. The molecule has 2 aromatic carbocycles. The summed E-state index contributed by atoms with van der Waals surface area (Å²) >= 11 is 1.56. The molecule has 0 unspecified atom stereocenters. The molecule has 0 spiro atoms. The molecule has 2 N–H and O–H groups in total. The van der Waals surface area contributed by atoms with Crippen LogP contribution in [0.2, 0.25) is 0 Å². The lowest BCUT2D eigenvalue weighted by atomic mass is 10.1. The Labute approximate surface area is 155 Å². The van der Waals surface area contributed by atoms with E-state index in [1.165, 1.54) is 0 Å². The topological polar surface area (TPSA) is 63.0 Å². The molecule has 0 atom stereocenters. The van der Waals surface area contributed by atoms with Crippen LogP contribution in [0.25, 0.3) is 16.9 Å². The van der Waals surface area contributed by atoms with E-state index in [9.17, 15) is 5.11 Å². The summed E-state index contributed by atoms with van der Waals surface area (Å²) in [5, 5.41) is 19.8. The van der Waals surface area contributed by atoms with Crippen LogP contribution in [0.15, 0.2) is 66.3 Å². The second-order valence-electron chi connectivity index (χ2n) is 5.97. The van der Waals surface area contributed by atoms with E-state index in [4.69, 9.17) is 0 Å². The molecule has 0 bridgehead atoms. The summed E-state index contributed by atoms with van der Waals surface area (Å²) in [6, 6.07) is 15.9. The average molecular weight is 362 g/mol. The summed E-state index contributed by atoms with van der Waals surface area (Å²) in [6.07, 6.45) is 3.68. The van der Waals surface area contributed by atoms with Crippen molar-refractivity contribution in [1.29, 1.82) is 0 Å². The highest BCUT2D eigenvalue weighted by Gasteiger charge is 2.07. The predicted octanol–water partition coefficient (Wildman–Crippen LogP) is 4.54. The Hall–Kier alpha value is -2.96. The van der Waals surface area contributed by atoms with Crippen LogP contribution in [-0.2, 0) is 6.61 Å². The molecule has 2 heterocycles. The van der Waals surface area contributed by atoms with Crippen molar-refractivity contribution in [2.24, 2.45) is 0 Å². The van der Waals surface area contributed by atoms with E-state index in [2.05, 4.69) is 15.4 Å². The zero-order valence-electron chi connectivity index (χ0n) is 14.3. The molecule has 0 radical (unpaired) electrons. The van der Waals surface area contributed by atoms with Gasteiger partial charge in [-0.15, -0.1) is 11.3 Å². The lowest BCUT2D eigenvalue weighted by Crippen LogP contribution is -1.95. The van der Waals surface area contributed by atoms with Gasteiger partial charge < -0.3 is 10.4 Å². The summed E-state index contributed by atoms with van der Waals surface area (Å²) in [5.41, 5.74) is 5.97. The van der Waals surface area contributed by atoms with E-state index in [0.29, 0.717) is 0 Å². The van der Waals surface area contributed by atoms with Crippen LogP contribution in [0, 0.1) is 6.92 Å². The zero-order chi connectivity index (χ0) is 17.9. The van der Waals surface area contributed by atoms with Crippen LogP contribution in [0.3, 0.4) is 0 Å². The van der Waals surface area contributed by atoms with Crippen molar-refractivity contribution in [2.75, 3.05) is 5.32 Å². The number of thiazole rings is 1. The number of rotatable bonds is 5. The monoisotopic (exact) mass is 362 g/mol. The standard InChI is InChI=1S/C20H18N4OS/c1-14-3-4-15(12-25)11-18(14)22-20-23-19(13-26-20)16-5-7-17(8-6-16)24-10-2-9-21-24/h2-11,13,25H,12H2,1H3,(H,22,23). The van der Waals surface area contributed by atoms with E-state index in [1.54, 1.807) is 17.5 Å². The van der Waals surface area contributed by atoms with Crippen molar-refractivity contribution >= 4 is 22.2 Å². The SMILES string of the molecule is Cc1ccc(CO)cc1Nc1nc(-c2ccc(-n3cccn3)cc2)cs1. The number of hydrogen-bond donors (Lipinski definition) is 2. The highest BCUT2D eigenvalue weighted by Crippen LogP contribution is 2.29. The van der Waals surface area contributed by atoms with Gasteiger partial charge >= 0.3 is 0 Å². The summed E-state index contributed by atoms with van der Waals surface area (Å²) in [7, 11) is 0. The molecule has 130 valence electrons. The number of nitrogens with zero attached hydrogens (tertiary/aromatic N) is 3. The molecule has 2 aromatic heterocycles. The summed E-state index contributed by atoms with van der Waals surface area (Å²) in [4.78, 5) is 4.69. The van der Waals surface area contributed by atoms with E-state index >= 15 is 0 Å². The molecule has 0 aliphatic heterocycles. The third-order valence-electron chi connectivity index (χ3n) is 4.16. The third kappa shape index (κ3) is 3.37. The minimum absolute atomic E-state index is 0.0285. The molecule has 0 saturated heterocycles. The van der Waals surface area contributed by atoms with Gasteiger partial charge in [0.1, 0.15) is 0 Å². The Morgan fingerprint density at radius 2 is 2.00 bits per heavy atom. The third-order valence-corrected chi connectivity index (χ3v) is 4.92. The molecular weight excluding hydrogens is 344 g/mol. The van der Waals surface area contributed by atoms with Crippen LogP contribution < -0.4 is 5.32 Å². The molecule has 0 fully saturated rings. The van der Waals surface area contributed by atoms with Crippen molar-refractivity contribution in [1.82, 2.24) is 14.8 Å². The first kappa shape index (κ1) is 16.5. The summed E-state index contributed by atoms with van der Waals surface area (Å²) in [5.74, 6) is 0. The largest absolute Gasteiger partial charge is 0.392 e. The van der Waals surface area contributed by atoms with E-state index < -0.39 is 0 Å². The van der Waals surface area contributed by atoms with Crippen molar-refractivity contribution in [2.45, 2.75) is 13.5 Å². The quantitative estimate of drug-likeness (QED) is 0.547. The van der Waals surface area contributed by atoms with Gasteiger partial charge in [-0.2, -0.15) is 5.10 Å². The molecule has 0 aliphatic rings. The van der Waals surface area contributed by atoms with Crippen LogP contribution in [0.4, 0.5) is 10.8 Å². The van der Waals surface area contributed by atoms with Crippen molar-refractivity contribution in [3.8, 4) is 16.9 Å². The normalized spacial score (nSPS) is 10.8.